The number of piperazine rings is 1. The predicted octanol–water partition coefficient (Wildman–Crippen LogP) is 1.86. The maximum atomic E-state index is 13.7. The van der Waals surface area contributed by atoms with E-state index in [1.54, 1.807) is 28.3 Å². The number of likely N-dealkylation sites (tertiary alicyclic amines) is 1. The van der Waals surface area contributed by atoms with Crippen molar-refractivity contribution < 1.29 is 17.6 Å². The minimum absolute atomic E-state index is 0.00313. The number of carbonyl (C=O) groups excluding carboxylic acids is 1. The lowest BCUT2D eigenvalue weighted by molar-refractivity contribution is -0.127. The van der Waals surface area contributed by atoms with E-state index in [-0.39, 0.29) is 15.9 Å². The summed E-state index contributed by atoms with van der Waals surface area (Å²) in [6.07, 6.45) is 1.93. The van der Waals surface area contributed by atoms with Crippen LogP contribution in [-0.2, 0) is 20.2 Å². The first-order valence-electron chi connectivity index (χ1n) is 10.7. The smallest absolute Gasteiger partial charge is 0.243 e. The van der Waals surface area contributed by atoms with Crippen LogP contribution in [0.15, 0.2) is 29.3 Å². The summed E-state index contributed by atoms with van der Waals surface area (Å²) in [5.74, 6) is 0.00313. The number of aromatic nitrogens is 1. The molecule has 1 aromatic heterocycles. The number of hydrogen-bond acceptors (Lipinski definition) is 7. The average Bonchev–Trinajstić information content (AvgIpc) is 3.47. The molecular formula is C21H26FN5O3S2. The summed E-state index contributed by atoms with van der Waals surface area (Å²) in [6.45, 7) is 5.54. The molecule has 4 heterocycles. The van der Waals surface area contributed by atoms with Gasteiger partial charge < -0.3 is 14.7 Å². The molecule has 172 valence electrons. The van der Waals surface area contributed by atoms with Gasteiger partial charge in [0, 0.05) is 63.8 Å². The third-order valence-corrected chi connectivity index (χ3v) is 9.59. The molecular weight excluding hydrogens is 453 g/mol. The van der Waals surface area contributed by atoms with Crippen molar-refractivity contribution in [3.05, 3.63) is 35.1 Å². The van der Waals surface area contributed by atoms with Gasteiger partial charge in [-0.15, -0.1) is 0 Å². The van der Waals surface area contributed by atoms with Gasteiger partial charge in [-0.2, -0.15) is 8.70 Å². The molecule has 0 N–H and O–H groups in total. The molecule has 2 saturated heterocycles. The van der Waals surface area contributed by atoms with Gasteiger partial charge in [0.25, 0.3) is 0 Å². The summed E-state index contributed by atoms with van der Waals surface area (Å²) < 4.78 is 42.1. The lowest BCUT2D eigenvalue weighted by Gasteiger charge is -2.32. The molecule has 8 nitrogen and oxygen atoms in total. The molecule has 11 heteroatoms. The fraction of sp³-hybridized carbons (Fsp3) is 0.524. The van der Waals surface area contributed by atoms with Crippen molar-refractivity contribution in [2.24, 2.45) is 0 Å². The van der Waals surface area contributed by atoms with Gasteiger partial charge in [-0.05, 0) is 37.2 Å². The highest BCUT2D eigenvalue weighted by Crippen LogP contribution is 2.50. The minimum atomic E-state index is -3.63. The molecule has 0 bridgehead atoms. The lowest BCUT2D eigenvalue weighted by atomic mass is 9.81. The van der Waals surface area contributed by atoms with Crippen LogP contribution in [-0.4, -0.2) is 86.3 Å². The molecule has 2 aromatic rings. The molecule has 3 aliphatic heterocycles. The Kier molecular flexibility index (Phi) is 5.27. The standard InChI is InChI=1S/C21H26FN5O3S2/c1-15(28)25-6-5-21(13-25)14-27(20-23-12-19(22)31-20)18-4-3-16(11-17(18)21)32(29,30)26-9-7-24(2)8-10-26/h3-4,11-12H,5-10,13-14H2,1-2H3. The average molecular weight is 480 g/mol. The van der Waals surface area contributed by atoms with E-state index in [2.05, 4.69) is 9.88 Å². The second kappa shape index (κ2) is 7.75. The Morgan fingerprint density at radius 1 is 1.16 bits per heavy atom. The number of amides is 1. The number of carbonyl (C=O) groups is 1. The van der Waals surface area contributed by atoms with Crippen molar-refractivity contribution >= 4 is 38.1 Å². The topological polar surface area (TPSA) is 77.1 Å². The van der Waals surface area contributed by atoms with Gasteiger partial charge in [0.1, 0.15) is 0 Å². The van der Waals surface area contributed by atoms with Gasteiger partial charge in [0.05, 0.1) is 11.1 Å². The molecule has 5 rings (SSSR count). The Morgan fingerprint density at radius 2 is 1.91 bits per heavy atom. The summed E-state index contributed by atoms with van der Waals surface area (Å²) in [5, 5.41) is 0.171. The molecule has 3 aliphatic rings. The van der Waals surface area contributed by atoms with Crippen LogP contribution < -0.4 is 4.90 Å². The normalized spacial score (nSPS) is 24.5. The van der Waals surface area contributed by atoms with Gasteiger partial charge in [0.15, 0.2) is 10.3 Å². The van der Waals surface area contributed by atoms with Crippen molar-refractivity contribution in [3.8, 4) is 0 Å². The first-order valence-corrected chi connectivity index (χ1v) is 12.9. The first kappa shape index (κ1) is 21.7. The molecule has 1 spiro atoms. The molecule has 0 saturated carbocycles. The summed E-state index contributed by atoms with van der Waals surface area (Å²) in [7, 11) is -1.64. The van der Waals surface area contributed by atoms with Gasteiger partial charge in [-0.3, -0.25) is 4.79 Å². The summed E-state index contributed by atoms with van der Waals surface area (Å²) in [5.41, 5.74) is 1.32. The summed E-state index contributed by atoms with van der Waals surface area (Å²) >= 11 is 0.967. The van der Waals surface area contributed by atoms with Crippen LogP contribution in [0.25, 0.3) is 0 Å². The zero-order valence-electron chi connectivity index (χ0n) is 18.1. The Hall–Kier alpha value is -2.08. The largest absolute Gasteiger partial charge is 0.342 e. The number of likely N-dealkylation sites (N-methyl/N-ethyl adjacent to an activating group) is 1. The van der Waals surface area contributed by atoms with Crippen LogP contribution in [0.3, 0.4) is 0 Å². The van der Waals surface area contributed by atoms with E-state index >= 15 is 0 Å². The molecule has 1 amide bonds. The predicted molar refractivity (Wildman–Crippen MR) is 120 cm³/mol. The molecule has 32 heavy (non-hydrogen) atoms. The number of rotatable bonds is 3. The van der Waals surface area contributed by atoms with Crippen molar-refractivity contribution in [1.82, 2.24) is 19.1 Å². The van der Waals surface area contributed by atoms with E-state index in [4.69, 9.17) is 0 Å². The highest BCUT2D eigenvalue weighted by Gasteiger charge is 2.49. The molecule has 0 radical (unpaired) electrons. The number of nitrogens with zero attached hydrogens (tertiary/aromatic N) is 5. The minimum Gasteiger partial charge on any atom is -0.342 e. The molecule has 1 atom stereocenters. The molecule has 2 fully saturated rings. The third kappa shape index (κ3) is 3.51. The van der Waals surface area contributed by atoms with Crippen molar-refractivity contribution in [1.29, 1.82) is 0 Å². The van der Waals surface area contributed by atoms with E-state index in [1.807, 2.05) is 18.0 Å². The Bertz CT molecular complexity index is 1160. The number of hydrogen-bond donors (Lipinski definition) is 0. The first-order chi connectivity index (χ1) is 15.2. The van der Waals surface area contributed by atoms with Gasteiger partial charge in [0.2, 0.25) is 15.9 Å². The van der Waals surface area contributed by atoms with Crippen LogP contribution in [0.4, 0.5) is 15.2 Å². The van der Waals surface area contributed by atoms with E-state index in [1.165, 1.54) is 6.20 Å². The summed E-state index contributed by atoms with van der Waals surface area (Å²) in [6, 6.07) is 5.22. The zero-order valence-corrected chi connectivity index (χ0v) is 19.8. The van der Waals surface area contributed by atoms with Crippen LogP contribution in [0.2, 0.25) is 0 Å². The van der Waals surface area contributed by atoms with Gasteiger partial charge in [-0.25, -0.2) is 13.4 Å². The number of halogens is 1. The zero-order chi connectivity index (χ0) is 22.7. The van der Waals surface area contributed by atoms with E-state index in [0.717, 1.165) is 29.0 Å². The number of thiazole rings is 1. The number of sulfonamides is 1. The number of benzene rings is 1. The van der Waals surface area contributed by atoms with Crippen LogP contribution in [0.5, 0.6) is 0 Å². The second-order valence-corrected chi connectivity index (χ2v) is 11.8. The van der Waals surface area contributed by atoms with Crippen molar-refractivity contribution in [3.63, 3.8) is 0 Å². The fourth-order valence-corrected chi connectivity index (χ4v) is 7.13. The Labute approximate surface area is 191 Å². The van der Waals surface area contributed by atoms with E-state index in [0.29, 0.717) is 50.9 Å². The van der Waals surface area contributed by atoms with Crippen LogP contribution in [0, 0.1) is 5.13 Å². The lowest BCUT2D eigenvalue weighted by Crippen LogP contribution is -2.47. The van der Waals surface area contributed by atoms with E-state index < -0.39 is 15.4 Å². The van der Waals surface area contributed by atoms with Crippen molar-refractivity contribution in [2.45, 2.75) is 23.7 Å². The van der Waals surface area contributed by atoms with E-state index in [9.17, 15) is 17.6 Å². The SMILES string of the molecule is CC(=O)N1CCC2(C1)CN(c1ncc(F)s1)c1ccc(S(=O)(=O)N3CCN(C)CC3)cc12. The molecule has 1 aromatic carbocycles. The van der Waals surface area contributed by atoms with Crippen LogP contribution in [0.1, 0.15) is 18.9 Å². The second-order valence-electron chi connectivity index (χ2n) is 8.89. The maximum absolute atomic E-state index is 13.7. The molecule has 1 unspecified atom stereocenters. The number of fused-ring (bicyclic) bond motifs is 2. The summed E-state index contributed by atoms with van der Waals surface area (Å²) in [4.78, 5) is 22.4. The highest BCUT2D eigenvalue weighted by atomic mass is 32.2. The van der Waals surface area contributed by atoms with Gasteiger partial charge in [-0.1, -0.05) is 11.3 Å². The molecule has 0 aliphatic carbocycles. The Balaban J connectivity index is 1.56. The van der Waals surface area contributed by atoms with Crippen LogP contribution >= 0.6 is 11.3 Å². The van der Waals surface area contributed by atoms with Gasteiger partial charge >= 0.3 is 0 Å². The third-order valence-electron chi connectivity index (χ3n) is 6.89. The van der Waals surface area contributed by atoms with Crippen molar-refractivity contribution in [2.75, 3.05) is 57.8 Å². The number of anilines is 2. The quantitative estimate of drug-likeness (QED) is 0.669. The highest BCUT2D eigenvalue weighted by molar-refractivity contribution is 7.89. The Morgan fingerprint density at radius 3 is 2.53 bits per heavy atom. The maximum Gasteiger partial charge on any atom is 0.243 e. The fourth-order valence-electron chi connectivity index (χ4n) is 5.02. The monoisotopic (exact) mass is 479 g/mol.